The van der Waals surface area contributed by atoms with Crippen LogP contribution in [0.2, 0.25) is 0 Å². The van der Waals surface area contributed by atoms with E-state index >= 15 is 0 Å². The Morgan fingerprint density at radius 3 is 1.34 bits per heavy atom. The van der Waals surface area contributed by atoms with Crippen LogP contribution >= 0.6 is 0 Å². The molecule has 3 heteroatoms. The molecule has 0 unspecified atom stereocenters. The number of hydrogen-bond donors (Lipinski definition) is 0. The number of nitrogens with zero attached hydrogens (tertiary/aromatic N) is 2. The predicted molar refractivity (Wildman–Crippen MR) is 313 cm³/mol. The first-order valence-corrected chi connectivity index (χ1v) is 27.2. The third-order valence-electron chi connectivity index (χ3n) is 14.7. The Kier molecular flexibility index (Phi) is 11.3. The predicted octanol–water partition coefficient (Wildman–Crippen LogP) is 15.8. The summed E-state index contributed by atoms with van der Waals surface area (Å²) in [7, 11) is -2.73. The Hall–Kier alpha value is -9.28. The molecule has 0 aliphatic heterocycles. The van der Waals surface area contributed by atoms with Gasteiger partial charge in [0.1, 0.15) is 0 Å². The van der Waals surface area contributed by atoms with Crippen molar-refractivity contribution in [1.82, 2.24) is 4.57 Å². The summed E-state index contributed by atoms with van der Waals surface area (Å²) >= 11 is 0. The van der Waals surface area contributed by atoms with Crippen molar-refractivity contribution in [3.05, 3.63) is 303 Å². The molecule has 0 amide bonds. The van der Waals surface area contributed by atoms with Gasteiger partial charge in [-0.3, -0.25) is 0 Å². The summed E-state index contributed by atoms with van der Waals surface area (Å²) < 4.78 is 2.39. The molecule has 0 fully saturated rings. The average Bonchev–Trinajstić information content (AvgIpc) is 3.82. The van der Waals surface area contributed by atoms with E-state index in [0.717, 1.165) is 22.7 Å². The van der Waals surface area contributed by atoms with Crippen molar-refractivity contribution in [2.24, 2.45) is 0 Å². The molecule has 0 saturated heterocycles. The molecule has 13 rings (SSSR count). The van der Waals surface area contributed by atoms with Crippen molar-refractivity contribution in [2.75, 3.05) is 4.90 Å². The van der Waals surface area contributed by atoms with Crippen LogP contribution in [-0.2, 0) is 0 Å². The molecule has 0 atom stereocenters. The van der Waals surface area contributed by atoms with Crippen LogP contribution in [0.3, 0.4) is 0 Å². The van der Waals surface area contributed by atoms with Crippen LogP contribution in [0.5, 0.6) is 0 Å². The van der Waals surface area contributed by atoms with Crippen molar-refractivity contribution in [2.45, 2.75) is 0 Å². The molecule has 13 aromatic rings. The van der Waals surface area contributed by atoms with E-state index in [2.05, 4.69) is 313 Å². The zero-order chi connectivity index (χ0) is 48.6. The minimum atomic E-state index is -2.73. The Morgan fingerprint density at radius 2 is 0.712 bits per heavy atom. The maximum atomic E-state index is 2.41. The first-order valence-electron chi connectivity index (χ1n) is 25.2. The van der Waals surface area contributed by atoms with Crippen LogP contribution in [0.1, 0.15) is 0 Å². The van der Waals surface area contributed by atoms with Crippen LogP contribution < -0.4 is 25.6 Å². The van der Waals surface area contributed by atoms with E-state index in [1.54, 1.807) is 0 Å². The van der Waals surface area contributed by atoms with E-state index in [9.17, 15) is 0 Å². The fourth-order valence-electron chi connectivity index (χ4n) is 11.4. The molecule has 12 aromatic carbocycles. The van der Waals surface area contributed by atoms with E-state index in [1.165, 1.54) is 86.7 Å². The number of benzene rings is 12. The lowest BCUT2D eigenvalue weighted by Crippen LogP contribution is -2.74. The summed E-state index contributed by atoms with van der Waals surface area (Å²) in [6.45, 7) is 0. The zero-order valence-electron chi connectivity index (χ0n) is 40.3. The third-order valence-corrected chi connectivity index (χ3v) is 19.5. The summed E-state index contributed by atoms with van der Waals surface area (Å²) in [6, 6.07) is 112. The molecule has 73 heavy (non-hydrogen) atoms. The van der Waals surface area contributed by atoms with Gasteiger partial charge in [-0.15, -0.1) is 0 Å². The highest BCUT2D eigenvalue weighted by atomic mass is 28.3. The van der Waals surface area contributed by atoms with Gasteiger partial charge in [0.15, 0.2) is 8.07 Å². The van der Waals surface area contributed by atoms with Crippen molar-refractivity contribution in [1.29, 1.82) is 0 Å². The average molecular weight is 947 g/mol. The topological polar surface area (TPSA) is 8.17 Å². The van der Waals surface area contributed by atoms with Gasteiger partial charge in [-0.05, 0) is 132 Å². The fraction of sp³-hybridized carbons (Fsp3) is 0. The molecule has 0 radical (unpaired) electrons. The molecule has 344 valence electrons. The zero-order valence-corrected chi connectivity index (χ0v) is 41.3. The van der Waals surface area contributed by atoms with Gasteiger partial charge >= 0.3 is 0 Å². The minimum Gasteiger partial charge on any atom is -0.311 e. The monoisotopic (exact) mass is 946 g/mol. The van der Waals surface area contributed by atoms with Crippen molar-refractivity contribution in [3.63, 3.8) is 0 Å². The van der Waals surface area contributed by atoms with Gasteiger partial charge in [-0.2, -0.15) is 0 Å². The number of anilines is 3. The Balaban J connectivity index is 0.935. The van der Waals surface area contributed by atoms with E-state index in [0.29, 0.717) is 0 Å². The van der Waals surface area contributed by atoms with Gasteiger partial charge in [-0.25, -0.2) is 0 Å². The Labute approximate surface area is 428 Å². The Morgan fingerprint density at radius 1 is 0.274 bits per heavy atom. The van der Waals surface area contributed by atoms with Gasteiger partial charge < -0.3 is 9.47 Å². The molecular formula is C70H50N2Si. The maximum absolute atomic E-state index is 2.73. The first kappa shape index (κ1) is 43.7. The highest BCUT2D eigenvalue weighted by Gasteiger charge is 2.41. The normalized spacial score (nSPS) is 11.6. The molecule has 0 aliphatic rings. The highest BCUT2D eigenvalue weighted by molar-refractivity contribution is 7.19. The number of para-hydroxylation sites is 2. The van der Waals surface area contributed by atoms with Crippen LogP contribution in [0, 0.1) is 0 Å². The third kappa shape index (κ3) is 7.75. The van der Waals surface area contributed by atoms with E-state index < -0.39 is 8.07 Å². The van der Waals surface area contributed by atoms with Gasteiger partial charge in [0.25, 0.3) is 0 Å². The van der Waals surface area contributed by atoms with E-state index in [4.69, 9.17) is 0 Å². The van der Waals surface area contributed by atoms with Crippen LogP contribution in [0.15, 0.2) is 303 Å². The van der Waals surface area contributed by atoms with E-state index in [1.807, 2.05) is 0 Å². The van der Waals surface area contributed by atoms with Crippen LogP contribution in [0.4, 0.5) is 17.1 Å². The summed E-state index contributed by atoms with van der Waals surface area (Å²) in [5, 5.41) is 10.4. The van der Waals surface area contributed by atoms with Crippen molar-refractivity contribution in [3.8, 4) is 39.1 Å². The van der Waals surface area contributed by atoms with Gasteiger partial charge in [0.05, 0.1) is 11.0 Å². The van der Waals surface area contributed by atoms with Crippen LogP contribution in [0.25, 0.3) is 71.6 Å². The molecule has 1 heterocycles. The largest absolute Gasteiger partial charge is 0.311 e. The van der Waals surface area contributed by atoms with Gasteiger partial charge in [-0.1, -0.05) is 237 Å². The highest BCUT2D eigenvalue weighted by Crippen LogP contribution is 2.41. The molecule has 0 bridgehead atoms. The molecule has 1 aromatic heterocycles. The molecule has 0 N–H and O–H groups in total. The summed E-state index contributed by atoms with van der Waals surface area (Å²) in [4.78, 5) is 2.41. The van der Waals surface area contributed by atoms with Crippen LogP contribution in [-0.4, -0.2) is 12.6 Å². The molecule has 0 aliphatic carbocycles. The number of aromatic nitrogens is 1. The lowest BCUT2D eigenvalue weighted by Gasteiger charge is -2.35. The second-order valence-corrected chi connectivity index (χ2v) is 22.6. The summed E-state index contributed by atoms with van der Waals surface area (Å²) in [5.74, 6) is 0. The molecule has 2 nitrogen and oxygen atoms in total. The molecule has 0 saturated carbocycles. The lowest BCUT2D eigenvalue weighted by atomic mass is 9.95. The van der Waals surface area contributed by atoms with E-state index in [-0.39, 0.29) is 0 Å². The van der Waals surface area contributed by atoms with Crippen molar-refractivity contribution < 1.29 is 0 Å². The minimum absolute atomic E-state index is 1.08. The maximum Gasteiger partial charge on any atom is 0.179 e. The SMILES string of the molecule is c1ccc(-n2c3ccccc3c3c(-c4ccc(N(c5ccc(-c6cccc(-c7cccc8ccccc78)c6)cc5)c5ccc([Si](c6ccccc6)(c6ccccc6)c6ccccc6)cc5)cc4)cccc32)cc1. The number of fused-ring (bicyclic) bond motifs is 4. The fourth-order valence-corrected chi connectivity index (χ4v) is 16.2. The molecule has 0 spiro atoms. The quantitative estimate of drug-likeness (QED) is 0.0926. The van der Waals surface area contributed by atoms with Gasteiger partial charge in [0, 0.05) is 33.5 Å². The lowest BCUT2D eigenvalue weighted by molar-refractivity contribution is 1.18. The summed E-state index contributed by atoms with van der Waals surface area (Å²) in [6.07, 6.45) is 0. The standard InChI is InChI=1S/C70H50N2Si/c1-5-24-56(25-6-1)72-68-36-16-15-33-67(68)70-66(35-19-37-69(70)72)53-40-44-58(45-41-53)71(57-42-38-51(39-43-57)54-22-17-23-55(50-54)65-34-18-21-52-20-13-14-32-64(52)65)59-46-48-63(49-47-59)73(60-26-7-2-8-27-60,61-28-9-3-10-29-61)62-30-11-4-12-31-62/h1-50H. The summed E-state index contributed by atoms with van der Waals surface area (Å²) in [5.41, 5.74) is 14.0. The second kappa shape index (κ2) is 18.8. The number of rotatable bonds is 11. The second-order valence-electron chi connectivity index (χ2n) is 18.8. The Bertz CT molecular complexity index is 3940. The van der Waals surface area contributed by atoms with Gasteiger partial charge in [0.2, 0.25) is 0 Å². The smallest absolute Gasteiger partial charge is 0.179 e. The van der Waals surface area contributed by atoms with Crippen molar-refractivity contribution >= 4 is 78.5 Å². The first-order chi connectivity index (χ1) is 36.2. The number of hydrogen-bond acceptors (Lipinski definition) is 1. The molecular weight excluding hydrogens is 897 g/mol.